The van der Waals surface area contributed by atoms with Gasteiger partial charge in [-0.3, -0.25) is 0 Å². The lowest BCUT2D eigenvalue weighted by Crippen LogP contribution is -2.56. The third kappa shape index (κ3) is 3.62. The van der Waals surface area contributed by atoms with Crippen LogP contribution in [0.25, 0.3) is 0 Å². The number of fused-ring (bicyclic) bond motifs is 5. The van der Waals surface area contributed by atoms with Crippen molar-refractivity contribution in [1.82, 2.24) is 0 Å². The van der Waals surface area contributed by atoms with Crippen LogP contribution < -0.4 is 0 Å². The molecule has 4 saturated carbocycles. The summed E-state index contributed by atoms with van der Waals surface area (Å²) in [4.78, 5) is 0. The molecule has 0 aromatic heterocycles. The zero-order valence-electron chi connectivity index (χ0n) is 21.3. The van der Waals surface area contributed by atoms with Crippen LogP contribution in [0.1, 0.15) is 113 Å². The first kappa shape index (κ1) is 23.1. The molecule has 1 heteroatoms. The van der Waals surface area contributed by atoms with Crippen molar-refractivity contribution in [2.24, 2.45) is 64.1 Å². The minimum atomic E-state index is -0.0431. The molecule has 2 unspecified atom stereocenters. The molecule has 1 N–H and O–H groups in total. The van der Waals surface area contributed by atoms with E-state index in [0.717, 1.165) is 53.8 Å². The smallest absolute Gasteiger partial charge is 0.0568 e. The van der Waals surface area contributed by atoms with Crippen LogP contribution in [0, 0.1) is 64.1 Å². The molecule has 4 aliphatic rings. The summed E-state index contributed by atoms with van der Waals surface area (Å²) in [6.45, 7) is 17.6. The second-order valence-corrected chi connectivity index (χ2v) is 13.5. The standard InChI is InChI=1S/C29H52O/c1-18(2)19(3)8-9-20(4)23-12-13-25-22-10-11-24-21(5)27(30)15-17-29(24,7)26(22)14-16-28(23,25)6/h18-27,30H,8-17H2,1-7H3/t19?,20-,21+,22+,23-,24?,25+,26+,27+,28-,29+/m1/s1. The highest BCUT2D eigenvalue weighted by atomic mass is 16.3. The van der Waals surface area contributed by atoms with Gasteiger partial charge >= 0.3 is 0 Å². The Morgan fingerprint density at radius 3 is 2.10 bits per heavy atom. The van der Waals surface area contributed by atoms with E-state index in [1.54, 1.807) is 0 Å². The van der Waals surface area contributed by atoms with E-state index in [2.05, 4.69) is 48.5 Å². The molecule has 30 heavy (non-hydrogen) atoms. The van der Waals surface area contributed by atoms with Crippen molar-refractivity contribution in [3.63, 3.8) is 0 Å². The summed E-state index contributed by atoms with van der Waals surface area (Å²) in [5.74, 6) is 7.70. The van der Waals surface area contributed by atoms with Gasteiger partial charge in [-0.2, -0.15) is 0 Å². The van der Waals surface area contributed by atoms with E-state index in [0.29, 0.717) is 16.7 Å². The van der Waals surface area contributed by atoms with Gasteiger partial charge in [-0.1, -0.05) is 61.3 Å². The van der Waals surface area contributed by atoms with Crippen molar-refractivity contribution in [3.05, 3.63) is 0 Å². The second-order valence-electron chi connectivity index (χ2n) is 13.5. The normalized spacial score (nSPS) is 50.5. The number of hydrogen-bond donors (Lipinski definition) is 1. The van der Waals surface area contributed by atoms with Gasteiger partial charge in [-0.05, 0) is 115 Å². The van der Waals surface area contributed by atoms with Crippen LogP contribution >= 0.6 is 0 Å². The van der Waals surface area contributed by atoms with Crippen LogP contribution in [0.4, 0.5) is 0 Å². The Labute approximate surface area is 188 Å². The number of aliphatic hydroxyl groups is 1. The Morgan fingerprint density at radius 2 is 1.40 bits per heavy atom. The molecule has 11 atom stereocenters. The molecule has 0 heterocycles. The number of hydrogen-bond acceptors (Lipinski definition) is 1. The molecule has 0 bridgehead atoms. The van der Waals surface area contributed by atoms with Gasteiger partial charge in [0.25, 0.3) is 0 Å². The van der Waals surface area contributed by atoms with E-state index in [9.17, 15) is 5.11 Å². The SMILES string of the molecule is CC(C)C(C)CC[C@@H](C)[C@H]1CC[C@H]2[C@@H]3CCC4[C@H](C)[C@@H](O)CC[C@]4(C)[C@H]3CC[C@]12C. The van der Waals surface area contributed by atoms with E-state index in [1.807, 2.05) is 0 Å². The van der Waals surface area contributed by atoms with Crippen LogP contribution in [0.15, 0.2) is 0 Å². The van der Waals surface area contributed by atoms with Gasteiger partial charge in [-0.25, -0.2) is 0 Å². The molecule has 0 aromatic rings. The zero-order valence-corrected chi connectivity index (χ0v) is 21.3. The molecule has 0 spiro atoms. The second kappa shape index (κ2) is 8.39. The van der Waals surface area contributed by atoms with Crippen LogP contribution in [-0.4, -0.2) is 11.2 Å². The first-order valence-electron chi connectivity index (χ1n) is 13.8. The largest absolute Gasteiger partial charge is 0.393 e. The Balaban J connectivity index is 1.47. The predicted molar refractivity (Wildman–Crippen MR) is 128 cm³/mol. The van der Waals surface area contributed by atoms with Crippen molar-refractivity contribution in [2.45, 2.75) is 119 Å². The van der Waals surface area contributed by atoms with E-state index in [-0.39, 0.29) is 6.10 Å². The molecule has 4 rings (SSSR count). The van der Waals surface area contributed by atoms with E-state index < -0.39 is 0 Å². The van der Waals surface area contributed by atoms with Gasteiger partial charge in [0, 0.05) is 0 Å². The van der Waals surface area contributed by atoms with Crippen molar-refractivity contribution in [3.8, 4) is 0 Å². The Morgan fingerprint density at radius 1 is 0.767 bits per heavy atom. The monoisotopic (exact) mass is 416 g/mol. The Kier molecular flexibility index (Phi) is 6.47. The highest BCUT2D eigenvalue weighted by Gasteiger charge is 2.61. The van der Waals surface area contributed by atoms with Crippen molar-refractivity contribution < 1.29 is 5.11 Å². The maximum atomic E-state index is 10.5. The van der Waals surface area contributed by atoms with Crippen LogP contribution in [0.2, 0.25) is 0 Å². The van der Waals surface area contributed by atoms with Crippen LogP contribution in [0.3, 0.4) is 0 Å². The van der Waals surface area contributed by atoms with Crippen LogP contribution in [-0.2, 0) is 0 Å². The lowest BCUT2D eigenvalue weighted by atomic mass is 9.43. The zero-order chi connectivity index (χ0) is 21.8. The number of aliphatic hydroxyl groups excluding tert-OH is 1. The fourth-order valence-electron chi connectivity index (χ4n) is 9.75. The Bertz CT molecular complexity index is 597. The van der Waals surface area contributed by atoms with Gasteiger partial charge in [-0.15, -0.1) is 0 Å². The summed E-state index contributed by atoms with van der Waals surface area (Å²) < 4.78 is 0. The summed E-state index contributed by atoms with van der Waals surface area (Å²) >= 11 is 0. The van der Waals surface area contributed by atoms with E-state index in [4.69, 9.17) is 0 Å². The van der Waals surface area contributed by atoms with E-state index in [1.165, 1.54) is 57.8 Å². The molecule has 1 nitrogen and oxygen atoms in total. The molecule has 0 aliphatic heterocycles. The van der Waals surface area contributed by atoms with Crippen molar-refractivity contribution in [1.29, 1.82) is 0 Å². The van der Waals surface area contributed by atoms with Crippen LogP contribution in [0.5, 0.6) is 0 Å². The average Bonchev–Trinajstić information content (AvgIpc) is 3.06. The van der Waals surface area contributed by atoms with E-state index >= 15 is 0 Å². The quantitative estimate of drug-likeness (QED) is 0.482. The molecule has 4 aliphatic carbocycles. The molecule has 174 valence electrons. The third-order valence-electron chi connectivity index (χ3n) is 12.1. The summed E-state index contributed by atoms with van der Waals surface area (Å²) in [7, 11) is 0. The maximum absolute atomic E-state index is 10.5. The van der Waals surface area contributed by atoms with Gasteiger partial charge in [0.15, 0.2) is 0 Å². The third-order valence-corrected chi connectivity index (χ3v) is 12.1. The molecule has 4 fully saturated rings. The molecular weight excluding hydrogens is 364 g/mol. The Hall–Kier alpha value is -0.0400. The molecule has 0 saturated heterocycles. The van der Waals surface area contributed by atoms with Crippen molar-refractivity contribution in [2.75, 3.05) is 0 Å². The summed E-state index contributed by atoms with van der Waals surface area (Å²) in [5.41, 5.74) is 1.10. The summed E-state index contributed by atoms with van der Waals surface area (Å²) in [6, 6.07) is 0. The van der Waals surface area contributed by atoms with Gasteiger partial charge < -0.3 is 5.11 Å². The fraction of sp³-hybridized carbons (Fsp3) is 1.00. The lowest BCUT2D eigenvalue weighted by Gasteiger charge is -2.62. The molecule has 0 radical (unpaired) electrons. The maximum Gasteiger partial charge on any atom is 0.0568 e. The first-order valence-corrected chi connectivity index (χ1v) is 13.8. The minimum Gasteiger partial charge on any atom is -0.393 e. The van der Waals surface area contributed by atoms with Crippen molar-refractivity contribution >= 4 is 0 Å². The topological polar surface area (TPSA) is 20.2 Å². The average molecular weight is 417 g/mol. The van der Waals surface area contributed by atoms with Gasteiger partial charge in [0.1, 0.15) is 0 Å². The highest BCUT2D eigenvalue weighted by molar-refractivity contribution is 5.10. The molecule has 0 amide bonds. The first-order chi connectivity index (χ1) is 14.1. The summed E-state index contributed by atoms with van der Waals surface area (Å²) in [5, 5.41) is 10.5. The van der Waals surface area contributed by atoms with Gasteiger partial charge in [0.2, 0.25) is 0 Å². The number of rotatable bonds is 5. The molecule has 0 aromatic carbocycles. The highest BCUT2D eigenvalue weighted by Crippen LogP contribution is 2.68. The minimum absolute atomic E-state index is 0.0431. The molecular formula is C29H52O. The lowest BCUT2D eigenvalue weighted by molar-refractivity contribution is -0.149. The predicted octanol–water partition coefficient (Wildman–Crippen LogP) is 7.96. The van der Waals surface area contributed by atoms with Gasteiger partial charge in [0.05, 0.1) is 6.10 Å². The fourth-order valence-corrected chi connectivity index (χ4v) is 9.75. The summed E-state index contributed by atoms with van der Waals surface area (Å²) in [6.07, 6.45) is 13.9.